The molecule has 33 heavy (non-hydrogen) atoms. The Morgan fingerprint density at radius 3 is 2.18 bits per heavy atom. The van der Waals surface area contributed by atoms with Gasteiger partial charge in [-0.2, -0.15) is 0 Å². The van der Waals surface area contributed by atoms with Crippen molar-refractivity contribution >= 4 is 31.4 Å². The van der Waals surface area contributed by atoms with Crippen LogP contribution in [0.5, 0.6) is 5.75 Å². The van der Waals surface area contributed by atoms with Crippen LogP contribution in [0.25, 0.3) is 10.4 Å². The van der Waals surface area contributed by atoms with Crippen LogP contribution in [0.4, 0.5) is 11.4 Å². The molecule has 0 aromatic heterocycles. The first-order valence-corrected chi connectivity index (χ1v) is 13.6. The van der Waals surface area contributed by atoms with Crippen LogP contribution >= 0.6 is 0 Å². The predicted octanol–water partition coefficient (Wildman–Crippen LogP) is 2.66. The van der Waals surface area contributed by atoms with Gasteiger partial charge in [0.05, 0.1) is 12.0 Å². The summed E-state index contributed by atoms with van der Waals surface area (Å²) in [5.74, 6) is 0.382. The highest BCUT2D eigenvalue weighted by Gasteiger charge is 2.09. The lowest BCUT2D eigenvalue weighted by atomic mass is 10.1. The third kappa shape index (κ3) is 10.9. The number of nitrogens with one attached hydrogen (secondary N) is 2. The summed E-state index contributed by atoms with van der Waals surface area (Å²) < 4.78 is 56.8. The van der Waals surface area contributed by atoms with Crippen molar-refractivity contribution in [1.29, 1.82) is 0 Å². The number of hydrogen-bond donors (Lipinski definition) is 2. The first-order chi connectivity index (χ1) is 15.6. The second-order valence-electron chi connectivity index (χ2n) is 7.37. The van der Waals surface area contributed by atoms with E-state index < -0.39 is 20.0 Å². The van der Waals surface area contributed by atoms with Crippen molar-refractivity contribution in [2.24, 2.45) is 5.11 Å². The fraction of sp³-hybridized carbons (Fsp3) is 0.400. The number of anilines is 2. The molecule has 2 aromatic carbocycles. The average Bonchev–Trinajstić information content (AvgIpc) is 2.73. The molecule has 2 rings (SSSR count). The van der Waals surface area contributed by atoms with Crippen LogP contribution in [0.15, 0.2) is 53.6 Å². The van der Waals surface area contributed by atoms with Gasteiger partial charge >= 0.3 is 0 Å². The molecule has 0 bridgehead atoms. The molecular weight excluding hydrogens is 468 g/mol. The van der Waals surface area contributed by atoms with E-state index in [2.05, 4.69) is 24.4 Å². The smallest absolute Gasteiger partial charge is 0.232 e. The van der Waals surface area contributed by atoms with Crippen molar-refractivity contribution in [1.82, 2.24) is 4.90 Å². The van der Waals surface area contributed by atoms with Crippen LogP contribution < -0.4 is 14.2 Å². The lowest BCUT2D eigenvalue weighted by molar-refractivity contribution is 0.239. The van der Waals surface area contributed by atoms with Crippen LogP contribution in [-0.2, 0) is 26.5 Å². The number of azide groups is 1. The number of rotatable bonds is 14. The van der Waals surface area contributed by atoms with E-state index in [-0.39, 0.29) is 12.3 Å². The standard InChI is InChI=1S/C20H28N6O5S2/c1-26(14-15-31-20-9-7-18(8-10-20)23-32(2,27)28)13-11-17-3-5-19(6-4-17)24-33(29,30)16-12-22-25-21/h3-10,23-24H,11-16H2,1-2H3. The first kappa shape index (κ1) is 26.3. The highest BCUT2D eigenvalue weighted by atomic mass is 32.2. The number of nitrogens with zero attached hydrogens (tertiary/aromatic N) is 4. The van der Waals surface area contributed by atoms with Gasteiger partial charge in [0, 0.05) is 35.9 Å². The molecular formula is C20H28N6O5S2. The largest absolute Gasteiger partial charge is 0.492 e. The van der Waals surface area contributed by atoms with Crippen molar-refractivity contribution in [3.05, 3.63) is 64.5 Å². The predicted molar refractivity (Wildman–Crippen MR) is 129 cm³/mol. The minimum atomic E-state index is -3.56. The number of hydrogen-bond acceptors (Lipinski definition) is 7. The molecule has 2 N–H and O–H groups in total. The van der Waals surface area contributed by atoms with E-state index in [4.69, 9.17) is 10.3 Å². The Labute approximate surface area is 194 Å². The van der Waals surface area contributed by atoms with Crippen LogP contribution in [0.1, 0.15) is 5.56 Å². The highest BCUT2D eigenvalue weighted by molar-refractivity contribution is 7.92. The van der Waals surface area contributed by atoms with Crippen molar-refractivity contribution in [2.45, 2.75) is 6.42 Å². The summed E-state index contributed by atoms with van der Waals surface area (Å²) in [6.45, 7) is 1.85. The Hall–Kier alpha value is -2.99. The normalized spacial score (nSPS) is 11.6. The number of sulfonamides is 2. The van der Waals surface area contributed by atoms with Gasteiger partial charge in [0.2, 0.25) is 20.0 Å². The maximum absolute atomic E-state index is 11.9. The van der Waals surface area contributed by atoms with Gasteiger partial charge < -0.3 is 9.64 Å². The van der Waals surface area contributed by atoms with Crippen molar-refractivity contribution in [2.75, 3.05) is 54.7 Å². The fourth-order valence-electron chi connectivity index (χ4n) is 2.76. The number of likely N-dealkylation sites (N-methyl/N-ethyl adjacent to an activating group) is 1. The SMILES string of the molecule is CN(CCOc1ccc(NS(C)(=O)=O)cc1)CCc1ccc(NS(=O)(=O)CCN=[N+]=[N-])cc1. The summed E-state index contributed by atoms with van der Waals surface area (Å²) in [4.78, 5) is 4.66. The molecule has 0 aliphatic carbocycles. The van der Waals surface area contributed by atoms with E-state index >= 15 is 0 Å². The average molecular weight is 497 g/mol. The van der Waals surface area contributed by atoms with Crippen molar-refractivity contribution in [3.63, 3.8) is 0 Å². The molecule has 11 nitrogen and oxygen atoms in total. The molecule has 0 aliphatic heterocycles. The molecule has 0 fully saturated rings. The Kier molecular flexibility index (Phi) is 9.79. The second kappa shape index (κ2) is 12.3. The van der Waals surface area contributed by atoms with E-state index in [0.717, 1.165) is 24.8 Å². The van der Waals surface area contributed by atoms with Gasteiger partial charge in [0.15, 0.2) is 0 Å². The minimum absolute atomic E-state index is 0.119. The molecule has 2 aromatic rings. The molecule has 0 atom stereocenters. The summed E-state index contributed by atoms with van der Waals surface area (Å²) in [6.07, 6.45) is 1.88. The molecule has 0 aliphatic rings. The Balaban J connectivity index is 1.71. The highest BCUT2D eigenvalue weighted by Crippen LogP contribution is 2.16. The minimum Gasteiger partial charge on any atom is -0.492 e. The topological polar surface area (TPSA) is 154 Å². The first-order valence-electron chi connectivity index (χ1n) is 10.1. The maximum Gasteiger partial charge on any atom is 0.232 e. The van der Waals surface area contributed by atoms with E-state index in [1.54, 1.807) is 36.4 Å². The zero-order valence-corrected chi connectivity index (χ0v) is 20.1. The molecule has 0 heterocycles. The quantitative estimate of drug-likeness (QED) is 0.233. The summed E-state index contributed by atoms with van der Waals surface area (Å²) in [7, 11) is -4.88. The Morgan fingerprint density at radius 1 is 0.970 bits per heavy atom. The third-order valence-electron chi connectivity index (χ3n) is 4.43. The van der Waals surface area contributed by atoms with E-state index in [1.807, 2.05) is 19.2 Å². The van der Waals surface area contributed by atoms with E-state index in [1.165, 1.54) is 0 Å². The molecule has 0 amide bonds. The van der Waals surface area contributed by atoms with Crippen molar-refractivity contribution in [3.8, 4) is 5.75 Å². The number of benzene rings is 2. The molecule has 180 valence electrons. The molecule has 0 saturated heterocycles. The van der Waals surface area contributed by atoms with Crippen LogP contribution in [0.3, 0.4) is 0 Å². The van der Waals surface area contributed by atoms with E-state index in [0.29, 0.717) is 30.3 Å². The van der Waals surface area contributed by atoms with Crippen LogP contribution in [0.2, 0.25) is 0 Å². The number of ether oxygens (including phenoxy) is 1. The molecule has 0 saturated carbocycles. The van der Waals surface area contributed by atoms with Gasteiger partial charge in [0.1, 0.15) is 12.4 Å². The molecule has 0 radical (unpaired) electrons. The van der Waals surface area contributed by atoms with Gasteiger partial charge in [-0.3, -0.25) is 9.44 Å². The Morgan fingerprint density at radius 2 is 1.58 bits per heavy atom. The van der Waals surface area contributed by atoms with Crippen LogP contribution in [-0.4, -0.2) is 67.0 Å². The Bertz CT molecular complexity index is 1150. The summed E-state index contributed by atoms with van der Waals surface area (Å²) in [5, 5.41) is 3.23. The third-order valence-corrected chi connectivity index (χ3v) is 6.31. The summed E-state index contributed by atoms with van der Waals surface area (Å²) in [5.41, 5.74) is 10.2. The zero-order valence-electron chi connectivity index (χ0n) is 18.5. The molecule has 0 spiro atoms. The lowest BCUT2D eigenvalue weighted by Gasteiger charge is -2.17. The van der Waals surface area contributed by atoms with E-state index in [9.17, 15) is 16.8 Å². The second-order valence-corrected chi connectivity index (χ2v) is 11.0. The maximum atomic E-state index is 11.9. The lowest BCUT2D eigenvalue weighted by Crippen LogP contribution is -2.26. The van der Waals surface area contributed by atoms with Gasteiger partial charge in [-0.15, -0.1) is 0 Å². The summed E-state index contributed by atoms with van der Waals surface area (Å²) >= 11 is 0. The zero-order chi connectivity index (χ0) is 24.3. The fourth-order valence-corrected chi connectivity index (χ4v) is 4.24. The summed E-state index contributed by atoms with van der Waals surface area (Å²) in [6, 6.07) is 13.8. The molecule has 13 heteroatoms. The van der Waals surface area contributed by atoms with Gasteiger partial charge in [0.25, 0.3) is 0 Å². The monoisotopic (exact) mass is 496 g/mol. The van der Waals surface area contributed by atoms with Gasteiger partial charge in [-0.25, -0.2) is 16.8 Å². The molecule has 0 unspecified atom stereocenters. The van der Waals surface area contributed by atoms with Gasteiger partial charge in [-0.05, 0) is 61.0 Å². The van der Waals surface area contributed by atoms with Crippen LogP contribution in [0, 0.1) is 0 Å². The van der Waals surface area contributed by atoms with Gasteiger partial charge in [-0.1, -0.05) is 17.2 Å². The van der Waals surface area contributed by atoms with Crippen molar-refractivity contribution < 1.29 is 21.6 Å².